The van der Waals surface area contributed by atoms with Crippen molar-refractivity contribution in [2.45, 2.75) is 24.1 Å². The quantitative estimate of drug-likeness (QED) is 0.686. The zero-order chi connectivity index (χ0) is 13.3. The van der Waals surface area contributed by atoms with Gasteiger partial charge in [0.2, 0.25) is 0 Å². The van der Waals surface area contributed by atoms with Gasteiger partial charge in [-0.3, -0.25) is 0 Å². The van der Waals surface area contributed by atoms with E-state index in [4.69, 9.17) is 10.4 Å². The van der Waals surface area contributed by atoms with E-state index in [0.29, 0.717) is 15.4 Å². The molecular weight excluding hydrogens is 270 g/mol. The number of nitrogens with zero attached hydrogens (tertiary/aromatic N) is 3. The second-order valence-electron chi connectivity index (χ2n) is 3.61. The van der Waals surface area contributed by atoms with Crippen molar-refractivity contribution in [3.8, 4) is 6.07 Å². The monoisotopic (exact) mass is 279 g/mol. The number of thiophene rings is 1. The van der Waals surface area contributed by atoms with Gasteiger partial charge in [-0.15, -0.1) is 11.3 Å². The minimum absolute atomic E-state index is 0.240. The van der Waals surface area contributed by atoms with Gasteiger partial charge in [-0.05, 0) is 19.4 Å². The maximum Gasteiger partial charge on any atom is 0.346 e. The highest BCUT2D eigenvalue weighted by atomic mass is 32.2. The third-order valence-corrected chi connectivity index (χ3v) is 4.54. The molecule has 7 heteroatoms. The van der Waals surface area contributed by atoms with Gasteiger partial charge in [0.05, 0.1) is 11.3 Å². The number of nitriles is 1. The van der Waals surface area contributed by atoms with E-state index >= 15 is 0 Å². The summed E-state index contributed by atoms with van der Waals surface area (Å²) in [5.74, 6) is -0.959. The van der Waals surface area contributed by atoms with Crippen molar-refractivity contribution in [1.29, 1.82) is 5.26 Å². The Morgan fingerprint density at radius 1 is 1.61 bits per heavy atom. The van der Waals surface area contributed by atoms with E-state index in [-0.39, 0.29) is 10.1 Å². The molecule has 0 aliphatic carbocycles. The van der Waals surface area contributed by atoms with E-state index in [0.717, 1.165) is 16.7 Å². The predicted octanol–water partition coefficient (Wildman–Crippen LogP) is 2.70. The summed E-state index contributed by atoms with van der Waals surface area (Å²) < 4.78 is 0. The lowest BCUT2D eigenvalue weighted by Gasteiger charge is -2.03. The first kappa shape index (κ1) is 12.8. The van der Waals surface area contributed by atoms with Gasteiger partial charge in [0.15, 0.2) is 0 Å². The van der Waals surface area contributed by atoms with Crippen LogP contribution in [-0.2, 0) is 0 Å². The van der Waals surface area contributed by atoms with Crippen LogP contribution in [0.15, 0.2) is 11.4 Å². The van der Waals surface area contributed by atoms with Crippen molar-refractivity contribution in [3.05, 3.63) is 16.8 Å². The Morgan fingerprint density at radius 2 is 2.33 bits per heavy atom. The molecule has 1 N–H and O–H groups in total. The van der Waals surface area contributed by atoms with Gasteiger partial charge >= 0.3 is 5.97 Å². The molecule has 0 bridgehead atoms. The lowest BCUT2D eigenvalue weighted by Crippen LogP contribution is -1.95. The van der Waals surface area contributed by atoms with Crippen molar-refractivity contribution in [3.63, 3.8) is 0 Å². The van der Waals surface area contributed by atoms with Gasteiger partial charge in [0.25, 0.3) is 0 Å². The Hall–Kier alpha value is -1.65. The van der Waals surface area contributed by atoms with Crippen LogP contribution in [-0.4, -0.2) is 26.3 Å². The van der Waals surface area contributed by atoms with E-state index in [1.165, 1.54) is 18.1 Å². The van der Waals surface area contributed by atoms with Crippen LogP contribution in [0.25, 0.3) is 10.2 Å². The standard InChI is InChI=1S/C11H9N3O2S2/c1-5(3-12)17-9-7-6(2)8(11(15)16)18-10(7)14-4-13-9/h4-5H,1-2H3,(H,15,16). The van der Waals surface area contributed by atoms with Crippen LogP contribution in [0, 0.1) is 18.3 Å². The van der Waals surface area contributed by atoms with E-state index in [9.17, 15) is 4.79 Å². The van der Waals surface area contributed by atoms with E-state index in [2.05, 4.69) is 16.0 Å². The summed E-state index contributed by atoms with van der Waals surface area (Å²) in [6.07, 6.45) is 1.40. The van der Waals surface area contributed by atoms with Gasteiger partial charge in [-0.2, -0.15) is 5.26 Å². The SMILES string of the molecule is Cc1c(C(=O)O)sc2ncnc(SC(C)C#N)c12. The summed E-state index contributed by atoms with van der Waals surface area (Å²) >= 11 is 2.45. The highest BCUT2D eigenvalue weighted by Crippen LogP contribution is 2.36. The molecule has 2 aromatic rings. The zero-order valence-electron chi connectivity index (χ0n) is 9.67. The molecule has 0 saturated carbocycles. The molecule has 2 heterocycles. The van der Waals surface area contributed by atoms with Crippen molar-refractivity contribution in [2.24, 2.45) is 0 Å². The van der Waals surface area contributed by atoms with Crippen LogP contribution >= 0.6 is 23.1 Å². The first-order chi connectivity index (χ1) is 8.54. The van der Waals surface area contributed by atoms with Crippen LogP contribution < -0.4 is 0 Å². The lowest BCUT2D eigenvalue weighted by atomic mass is 10.2. The van der Waals surface area contributed by atoms with Crippen LogP contribution in [0.4, 0.5) is 0 Å². The first-order valence-corrected chi connectivity index (χ1v) is 6.78. The number of hydrogen-bond acceptors (Lipinski definition) is 6. The van der Waals surface area contributed by atoms with Crippen LogP contribution in [0.2, 0.25) is 0 Å². The molecule has 1 atom stereocenters. The third-order valence-electron chi connectivity index (χ3n) is 2.36. The average Bonchev–Trinajstić information content (AvgIpc) is 2.68. The summed E-state index contributed by atoms with van der Waals surface area (Å²) in [5.41, 5.74) is 0.663. The molecule has 0 aliphatic heterocycles. The van der Waals surface area contributed by atoms with Gasteiger partial charge in [0, 0.05) is 5.39 Å². The number of carbonyl (C=O) groups is 1. The number of aryl methyl sites for hydroxylation is 1. The summed E-state index contributed by atoms with van der Waals surface area (Å²) in [6.45, 7) is 3.52. The van der Waals surface area contributed by atoms with Crippen LogP contribution in [0.1, 0.15) is 22.2 Å². The Morgan fingerprint density at radius 3 is 2.94 bits per heavy atom. The third kappa shape index (κ3) is 2.17. The molecule has 0 aromatic carbocycles. The molecule has 5 nitrogen and oxygen atoms in total. The van der Waals surface area contributed by atoms with Crippen LogP contribution in [0.5, 0.6) is 0 Å². The second kappa shape index (κ2) is 4.92. The number of carboxylic acids is 1. The molecular formula is C11H9N3O2S2. The highest BCUT2D eigenvalue weighted by molar-refractivity contribution is 8.00. The van der Waals surface area contributed by atoms with Gasteiger partial charge in [-0.25, -0.2) is 14.8 Å². The molecule has 2 aromatic heterocycles. The number of aromatic carboxylic acids is 1. The Balaban J connectivity index is 2.62. The number of fused-ring (bicyclic) bond motifs is 1. The van der Waals surface area contributed by atoms with Crippen molar-refractivity contribution in [2.75, 3.05) is 0 Å². The van der Waals surface area contributed by atoms with Crippen LogP contribution in [0.3, 0.4) is 0 Å². The number of hydrogen-bond donors (Lipinski definition) is 1. The minimum atomic E-state index is -0.959. The fourth-order valence-electron chi connectivity index (χ4n) is 1.53. The maximum atomic E-state index is 11.1. The molecule has 2 rings (SSSR count). The predicted molar refractivity (Wildman–Crippen MR) is 70.0 cm³/mol. The number of aromatic nitrogens is 2. The van der Waals surface area contributed by atoms with E-state index in [1.807, 2.05) is 0 Å². The second-order valence-corrected chi connectivity index (χ2v) is 5.94. The summed E-state index contributed by atoms with van der Waals surface area (Å²) in [7, 11) is 0. The number of rotatable bonds is 3. The Kier molecular flexibility index (Phi) is 3.50. The van der Waals surface area contributed by atoms with Gasteiger partial charge < -0.3 is 5.11 Å². The molecule has 92 valence electrons. The molecule has 0 amide bonds. The Bertz CT molecular complexity index is 660. The van der Waals surface area contributed by atoms with E-state index < -0.39 is 5.97 Å². The molecule has 0 radical (unpaired) electrons. The summed E-state index contributed by atoms with van der Waals surface area (Å²) in [5, 5.41) is 19.1. The molecule has 0 fully saturated rings. The number of carboxylic acid groups (broad SMARTS) is 1. The average molecular weight is 279 g/mol. The zero-order valence-corrected chi connectivity index (χ0v) is 11.3. The molecule has 1 unspecified atom stereocenters. The summed E-state index contributed by atoms with van der Waals surface area (Å²) in [4.78, 5) is 20.2. The molecule has 0 saturated heterocycles. The van der Waals surface area contributed by atoms with Crippen molar-refractivity contribution in [1.82, 2.24) is 9.97 Å². The van der Waals surface area contributed by atoms with Crippen molar-refractivity contribution < 1.29 is 9.90 Å². The highest BCUT2D eigenvalue weighted by Gasteiger charge is 2.19. The number of thioether (sulfide) groups is 1. The van der Waals surface area contributed by atoms with Gasteiger partial charge in [-0.1, -0.05) is 11.8 Å². The minimum Gasteiger partial charge on any atom is -0.477 e. The fraction of sp³-hybridized carbons (Fsp3) is 0.273. The molecule has 0 aliphatic rings. The lowest BCUT2D eigenvalue weighted by molar-refractivity contribution is 0.0701. The fourth-order valence-corrected chi connectivity index (χ4v) is 3.44. The molecule has 0 spiro atoms. The van der Waals surface area contributed by atoms with E-state index in [1.54, 1.807) is 13.8 Å². The largest absolute Gasteiger partial charge is 0.477 e. The Labute approximate surface area is 111 Å². The first-order valence-electron chi connectivity index (χ1n) is 5.08. The van der Waals surface area contributed by atoms with Gasteiger partial charge in [0.1, 0.15) is 21.1 Å². The topological polar surface area (TPSA) is 86.9 Å². The summed E-state index contributed by atoms with van der Waals surface area (Å²) in [6, 6.07) is 2.12. The smallest absolute Gasteiger partial charge is 0.346 e. The van der Waals surface area contributed by atoms with Crippen molar-refractivity contribution >= 4 is 39.3 Å². The maximum absolute atomic E-state index is 11.1. The molecule has 18 heavy (non-hydrogen) atoms. The normalized spacial score (nSPS) is 12.3.